The number of piperidine rings is 1. The minimum absolute atomic E-state index is 0.0563. The highest BCUT2D eigenvalue weighted by atomic mass is 79.9. The molecular weight excluding hydrogens is 392 g/mol. The first kappa shape index (κ1) is 14.9. The molecule has 0 radical (unpaired) electrons. The molecule has 1 saturated heterocycles. The van der Waals surface area contributed by atoms with Crippen LogP contribution in [0.15, 0.2) is 27.1 Å². The van der Waals surface area contributed by atoms with Crippen molar-refractivity contribution in [2.24, 2.45) is 11.7 Å². The highest BCUT2D eigenvalue weighted by Gasteiger charge is 2.25. The van der Waals surface area contributed by atoms with Crippen molar-refractivity contribution in [2.75, 3.05) is 13.1 Å². The molecule has 0 saturated carbocycles. The van der Waals surface area contributed by atoms with Gasteiger partial charge < -0.3 is 10.6 Å². The summed E-state index contributed by atoms with van der Waals surface area (Å²) in [6, 6.07) is 5.59. The number of thiocarbonyl (C=S) groups is 1. The lowest BCUT2D eigenvalue weighted by Crippen LogP contribution is -2.41. The highest BCUT2D eigenvalue weighted by molar-refractivity contribution is 9.11. The van der Waals surface area contributed by atoms with Gasteiger partial charge in [-0.05, 0) is 47.0 Å². The standard InChI is InChI=1S/C13H14Br2N2OS/c14-9-1-2-10(11(15)7-9)13(18)17-5-3-8(4-6-17)12(16)19/h1-2,7-8H,3-6H2,(H2,16,19). The largest absolute Gasteiger partial charge is 0.393 e. The van der Waals surface area contributed by atoms with Crippen LogP contribution in [-0.2, 0) is 0 Å². The summed E-state index contributed by atoms with van der Waals surface area (Å²) in [5.74, 6) is 0.327. The van der Waals surface area contributed by atoms with E-state index in [2.05, 4.69) is 31.9 Å². The van der Waals surface area contributed by atoms with Gasteiger partial charge >= 0.3 is 0 Å². The molecule has 1 fully saturated rings. The zero-order valence-electron chi connectivity index (χ0n) is 10.2. The fourth-order valence-corrected chi connectivity index (χ4v) is 3.65. The smallest absolute Gasteiger partial charge is 0.254 e. The minimum atomic E-state index is 0.0563. The number of hydrogen-bond donors (Lipinski definition) is 1. The number of nitrogens with two attached hydrogens (primary N) is 1. The number of carbonyl (C=O) groups excluding carboxylic acids is 1. The molecule has 1 heterocycles. The third kappa shape index (κ3) is 3.55. The monoisotopic (exact) mass is 404 g/mol. The second-order valence-electron chi connectivity index (χ2n) is 4.59. The number of likely N-dealkylation sites (tertiary alicyclic amines) is 1. The third-order valence-electron chi connectivity index (χ3n) is 3.35. The van der Waals surface area contributed by atoms with Crippen LogP contribution in [0, 0.1) is 5.92 Å². The SMILES string of the molecule is NC(=S)C1CCN(C(=O)c2ccc(Br)cc2Br)CC1. The molecule has 1 aliphatic rings. The van der Waals surface area contributed by atoms with Crippen molar-refractivity contribution >= 4 is 55.0 Å². The van der Waals surface area contributed by atoms with Gasteiger partial charge in [0.05, 0.1) is 10.6 Å². The number of carbonyl (C=O) groups is 1. The first-order chi connectivity index (χ1) is 8.99. The maximum Gasteiger partial charge on any atom is 0.254 e. The first-order valence-corrected chi connectivity index (χ1v) is 8.02. The summed E-state index contributed by atoms with van der Waals surface area (Å²) in [6.45, 7) is 1.42. The quantitative estimate of drug-likeness (QED) is 0.767. The molecule has 0 unspecified atom stereocenters. The van der Waals surface area contributed by atoms with E-state index in [0.717, 1.165) is 21.8 Å². The Labute approximate surface area is 134 Å². The molecule has 0 spiro atoms. The second kappa shape index (κ2) is 6.33. The number of nitrogens with zero attached hydrogens (tertiary/aromatic N) is 1. The maximum absolute atomic E-state index is 12.4. The summed E-state index contributed by atoms with van der Waals surface area (Å²) in [5, 5.41) is 0. The molecule has 0 atom stereocenters. The molecule has 1 aromatic rings. The normalized spacial score (nSPS) is 16.4. The van der Waals surface area contributed by atoms with E-state index in [-0.39, 0.29) is 11.8 Å². The van der Waals surface area contributed by atoms with E-state index in [1.807, 2.05) is 23.1 Å². The number of halogens is 2. The Morgan fingerprint density at radius 2 is 1.95 bits per heavy atom. The van der Waals surface area contributed by atoms with E-state index in [1.165, 1.54) is 0 Å². The van der Waals surface area contributed by atoms with Gasteiger partial charge in [-0.3, -0.25) is 4.79 Å². The number of hydrogen-bond acceptors (Lipinski definition) is 2. The van der Waals surface area contributed by atoms with Crippen molar-refractivity contribution in [3.63, 3.8) is 0 Å². The van der Waals surface area contributed by atoms with E-state index in [4.69, 9.17) is 18.0 Å². The van der Waals surface area contributed by atoms with Gasteiger partial charge in [0.2, 0.25) is 0 Å². The zero-order valence-corrected chi connectivity index (χ0v) is 14.2. The van der Waals surface area contributed by atoms with Crippen LogP contribution in [0.3, 0.4) is 0 Å². The predicted octanol–water partition coefficient (Wildman–Crippen LogP) is 3.35. The Morgan fingerprint density at radius 1 is 1.32 bits per heavy atom. The lowest BCUT2D eigenvalue weighted by atomic mass is 9.96. The molecule has 6 heteroatoms. The van der Waals surface area contributed by atoms with Gasteiger partial charge in [0, 0.05) is 28.0 Å². The Kier molecular flexibility index (Phi) is 4.97. The summed E-state index contributed by atoms with van der Waals surface area (Å²) in [6.07, 6.45) is 1.71. The van der Waals surface area contributed by atoms with E-state index < -0.39 is 0 Å². The number of rotatable bonds is 2. The van der Waals surface area contributed by atoms with Crippen molar-refractivity contribution in [1.82, 2.24) is 4.90 Å². The van der Waals surface area contributed by atoms with E-state index in [0.29, 0.717) is 23.6 Å². The summed E-state index contributed by atoms with van der Waals surface area (Å²) < 4.78 is 1.76. The zero-order chi connectivity index (χ0) is 14.0. The lowest BCUT2D eigenvalue weighted by molar-refractivity contribution is 0.0709. The summed E-state index contributed by atoms with van der Waals surface area (Å²) >= 11 is 11.8. The van der Waals surface area contributed by atoms with Crippen LogP contribution >= 0.6 is 44.1 Å². The van der Waals surface area contributed by atoms with E-state index in [9.17, 15) is 4.79 Å². The summed E-state index contributed by atoms with van der Waals surface area (Å²) in [7, 11) is 0. The van der Waals surface area contributed by atoms with Gasteiger partial charge in [0.25, 0.3) is 5.91 Å². The maximum atomic E-state index is 12.4. The van der Waals surface area contributed by atoms with E-state index >= 15 is 0 Å². The molecule has 3 nitrogen and oxygen atoms in total. The highest BCUT2D eigenvalue weighted by Crippen LogP contribution is 2.25. The van der Waals surface area contributed by atoms with Crippen molar-refractivity contribution in [1.29, 1.82) is 0 Å². The summed E-state index contributed by atoms with van der Waals surface area (Å²) in [5.41, 5.74) is 6.35. The van der Waals surface area contributed by atoms with Crippen molar-refractivity contribution in [3.05, 3.63) is 32.7 Å². The van der Waals surface area contributed by atoms with Gasteiger partial charge in [-0.15, -0.1) is 0 Å². The lowest BCUT2D eigenvalue weighted by Gasteiger charge is -2.31. The molecule has 0 aromatic heterocycles. The molecule has 102 valence electrons. The van der Waals surface area contributed by atoms with Gasteiger partial charge in [-0.2, -0.15) is 0 Å². The number of amides is 1. The molecule has 19 heavy (non-hydrogen) atoms. The molecule has 1 amide bonds. The average Bonchev–Trinajstić information content (AvgIpc) is 2.38. The van der Waals surface area contributed by atoms with Gasteiger partial charge in [0.1, 0.15) is 0 Å². The molecule has 1 aliphatic heterocycles. The first-order valence-electron chi connectivity index (χ1n) is 6.02. The van der Waals surface area contributed by atoms with Crippen molar-refractivity contribution in [2.45, 2.75) is 12.8 Å². The molecular formula is C13H14Br2N2OS. The molecule has 2 rings (SSSR count). The molecule has 2 N–H and O–H groups in total. The van der Waals surface area contributed by atoms with Crippen molar-refractivity contribution < 1.29 is 4.79 Å². The van der Waals surface area contributed by atoms with Gasteiger partial charge in [-0.25, -0.2) is 0 Å². The van der Waals surface area contributed by atoms with Crippen LogP contribution in [0.5, 0.6) is 0 Å². The van der Waals surface area contributed by atoms with Gasteiger partial charge in [-0.1, -0.05) is 28.1 Å². The minimum Gasteiger partial charge on any atom is -0.393 e. The van der Waals surface area contributed by atoms with Crippen LogP contribution in [0.2, 0.25) is 0 Å². The third-order valence-corrected chi connectivity index (χ3v) is 4.83. The Balaban J connectivity index is 2.07. The summed E-state index contributed by atoms with van der Waals surface area (Å²) in [4.78, 5) is 14.9. The number of benzene rings is 1. The Morgan fingerprint density at radius 3 is 2.47 bits per heavy atom. The molecule has 1 aromatic carbocycles. The van der Waals surface area contributed by atoms with Gasteiger partial charge in [0.15, 0.2) is 0 Å². The molecule has 0 bridgehead atoms. The van der Waals surface area contributed by atoms with Crippen LogP contribution in [0.25, 0.3) is 0 Å². The van der Waals surface area contributed by atoms with Crippen molar-refractivity contribution in [3.8, 4) is 0 Å². The predicted molar refractivity (Wildman–Crippen MR) is 87.3 cm³/mol. The van der Waals surface area contributed by atoms with Crippen LogP contribution in [0.1, 0.15) is 23.2 Å². The second-order valence-corrected chi connectivity index (χ2v) is 6.83. The van der Waals surface area contributed by atoms with E-state index in [1.54, 1.807) is 0 Å². The Bertz CT molecular complexity index is 513. The van der Waals surface area contributed by atoms with Crippen LogP contribution in [0.4, 0.5) is 0 Å². The van der Waals surface area contributed by atoms with Crippen LogP contribution < -0.4 is 5.73 Å². The van der Waals surface area contributed by atoms with Crippen LogP contribution in [-0.4, -0.2) is 28.9 Å². The fourth-order valence-electron chi connectivity index (χ4n) is 2.20. The average molecular weight is 406 g/mol. The fraction of sp³-hybridized carbons (Fsp3) is 0.385. The molecule has 0 aliphatic carbocycles. The topological polar surface area (TPSA) is 46.3 Å². The Hall–Kier alpha value is -0.460.